The van der Waals surface area contributed by atoms with Gasteiger partial charge in [0, 0.05) is 5.02 Å². The van der Waals surface area contributed by atoms with Gasteiger partial charge in [0.1, 0.15) is 6.04 Å². The quantitative estimate of drug-likeness (QED) is 0.816. The average molecular weight is 320 g/mol. The van der Waals surface area contributed by atoms with Gasteiger partial charge >= 0.3 is 5.97 Å². The highest BCUT2D eigenvalue weighted by Crippen LogP contribution is 2.16. The van der Waals surface area contributed by atoms with Crippen LogP contribution < -0.4 is 4.72 Å². The predicted molar refractivity (Wildman–Crippen MR) is 77.0 cm³/mol. The van der Waals surface area contributed by atoms with E-state index in [-0.39, 0.29) is 10.8 Å². The van der Waals surface area contributed by atoms with Crippen LogP contribution in [0.2, 0.25) is 5.02 Å². The normalized spacial score (nSPS) is 13.2. The lowest BCUT2D eigenvalue weighted by molar-refractivity contribution is -0.143. The van der Waals surface area contributed by atoms with Gasteiger partial charge < -0.3 is 4.74 Å². The van der Waals surface area contributed by atoms with E-state index in [1.165, 1.54) is 31.4 Å². The number of rotatable bonds is 6. The first-order valence-corrected chi connectivity index (χ1v) is 7.98. The summed E-state index contributed by atoms with van der Waals surface area (Å²) in [4.78, 5) is 11.7. The van der Waals surface area contributed by atoms with Crippen molar-refractivity contribution in [2.75, 3.05) is 7.11 Å². The van der Waals surface area contributed by atoms with Crippen molar-refractivity contribution in [2.24, 2.45) is 5.92 Å². The van der Waals surface area contributed by atoms with Gasteiger partial charge in [-0.15, -0.1) is 0 Å². The van der Waals surface area contributed by atoms with E-state index in [1.54, 1.807) is 0 Å². The van der Waals surface area contributed by atoms with Gasteiger partial charge in [-0.05, 0) is 36.6 Å². The van der Waals surface area contributed by atoms with Crippen molar-refractivity contribution < 1.29 is 17.9 Å². The van der Waals surface area contributed by atoms with Crippen LogP contribution in [0.5, 0.6) is 0 Å². The molecule has 1 rings (SSSR count). The minimum atomic E-state index is -3.79. The lowest BCUT2D eigenvalue weighted by Gasteiger charge is -2.18. The molecule has 0 radical (unpaired) electrons. The van der Waals surface area contributed by atoms with Crippen molar-refractivity contribution in [3.63, 3.8) is 0 Å². The van der Waals surface area contributed by atoms with E-state index in [9.17, 15) is 13.2 Å². The van der Waals surface area contributed by atoms with Crippen molar-refractivity contribution in [3.8, 4) is 0 Å². The second kappa shape index (κ2) is 7.06. The van der Waals surface area contributed by atoms with E-state index in [1.807, 2.05) is 13.8 Å². The molecule has 0 saturated carbocycles. The molecule has 112 valence electrons. The third kappa shape index (κ3) is 4.77. The number of hydrogen-bond acceptors (Lipinski definition) is 4. The summed E-state index contributed by atoms with van der Waals surface area (Å²) in [5.74, 6) is -0.455. The molecule has 5 nitrogen and oxygen atoms in total. The molecular weight excluding hydrogens is 302 g/mol. The lowest BCUT2D eigenvalue weighted by atomic mass is 10.1. The van der Waals surface area contributed by atoms with E-state index in [4.69, 9.17) is 11.6 Å². The Balaban J connectivity index is 2.96. The third-order valence-electron chi connectivity index (χ3n) is 2.61. The maximum atomic E-state index is 12.2. The molecule has 1 aromatic carbocycles. The van der Waals surface area contributed by atoms with E-state index in [0.717, 1.165) is 0 Å². The van der Waals surface area contributed by atoms with Gasteiger partial charge in [-0.3, -0.25) is 4.79 Å². The summed E-state index contributed by atoms with van der Waals surface area (Å²) in [5, 5.41) is 0.440. The zero-order chi connectivity index (χ0) is 15.3. The second-order valence-corrected chi connectivity index (χ2v) is 6.93. The van der Waals surface area contributed by atoms with Crippen molar-refractivity contribution in [1.29, 1.82) is 0 Å². The lowest BCUT2D eigenvalue weighted by Crippen LogP contribution is -2.42. The number of benzene rings is 1. The Hall–Kier alpha value is -1.11. The van der Waals surface area contributed by atoms with Crippen LogP contribution in [0, 0.1) is 5.92 Å². The van der Waals surface area contributed by atoms with Crippen molar-refractivity contribution in [3.05, 3.63) is 29.3 Å². The first kappa shape index (κ1) is 16.9. The zero-order valence-electron chi connectivity index (χ0n) is 11.6. The van der Waals surface area contributed by atoms with Gasteiger partial charge in [0.2, 0.25) is 10.0 Å². The summed E-state index contributed by atoms with van der Waals surface area (Å²) in [7, 11) is -2.56. The number of nitrogens with one attached hydrogen (secondary N) is 1. The van der Waals surface area contributed by atoms with Crippen LogP contribution in [0.3, 0.4) is 0 Å². The Kier molecular flexibility index (Phi) is 5.98. The summed E-state index contributed by atoms with van der Waals surface area (Å²) < 4.78 is 31.4. The predicted octanol–water partition coefficient (Wildman–Crippen LogP) is 2.21. The molecule has 0 aliphatic carbocycles. The third-order valence-corrected chi connectivity index (χ3v) is 4.35. The molecule has 0 aromatic heterocycles. The van der Waals surface area contributed by atoms with Crippen LogP contribution >= 0.6 is 11.6 Å². The van der Waals surface area contributed by atoms with E-state index in [2.05, 4.69) is 9.46 Å². The Morgan fingerprint density at radius 3 is 2.30 bits per heavy atom. The van der Waals surface area contributed by atoms with Gasteiger partial charge in [0.05, 0.1) is 12.0 Å². The molecule has 0 fully saturated rings. The topological polar surface area (TPSA) is 72.5 Å². The van der Waals surface area contributed by atoms with Gasteiger partial charge in [-0.1, -0.05) is 25.4 Å². The Labute approximate surface area is 124 Å². The van der Waals surface area contributed by atoms with E-state index < -0.39 is 22.0 Å². The van der Waals surface area contributed by atoms with Crippen LogP contribution in [0.15, 0.2) is 29.2 Å². The molecule has 1 aromatic rings. The molecule has 0 heterocycles. The molecule has 0 saturated heterocycles. The maximum Gasteiger partial charge on any atom is 0.323 e. The molecule has 20 heavy (non-hydrogen) atoms. The SMILES string of the molecule is COC(=O)C(CC(C)C)NS(=O)(=O)c1ccc(Cl)cc1. The number of sulfonamides is 1. The average Bonchev–Trinajstić information content (AvgIpc) is 2.36. The molecule has 0 aliphatic heterocycles. The van der Waals surface area contributed by atoms with Gasteiger partial charge in [0.25, 0.3) is 0 Å². The van der Waals surface area contributed by atoms with Crippen LogP contribution in [0.4, 0.5) is 0 Å². The number of carbonyl (C=O) groups is 1. The summed E-state index contributed by atoms with van der Waals surface area (Å²) in [6, 6.07) is 4.82. The van der Waals surface area contributed by atoms with Crippen molar-refractivity contribution in [1.82, 2.24) is 4.72 Å². The highest BCUT2D eigenvalue weighted by molar-refractivity contribution is 7.89. The van der Waals surface area contributed by atoms with Crippen LogP contribution in [0.25, 0.3) is 0 Å². The molecule has 1 N–H and O–H groups in total. The Morgan fingerprint density at radius 2 is 1.85 bits per heavy atom. The highest BCUT2D eigenvalue weighted by Gasteiger charge is 2.27. The van der Waals surface area contributed by atoms with Crippen molar-refractivity contribution >= 4 is 27.6 Å². The number of carbonyl (C=O) groups excluding carboxylic acids is 1. The Bertz CT molecular complexity index is 554. The molecule has 7 heteroatoms. The van der Waals surface area contributed by atoms with Crippen LogP contribution in [-0.2, 0) is 19.6 Å². The summed E-state index contributed by atoms with van der Waals surface area (Å²) in [5.41, 5.74) is 0. The molecule has 0 aliphatic rings. The van der Waals surface area contributed by atoms with Gasteiger partial charge in [-0.25, -0.2) is 8.42 Å². The smallest absolute Gasteiger partial charge is 0.323 e. The zero-order valence-corrected chi connectivity index (χ0v) is 13.2. The van der Waals surface area contributed by atoms with Crippen molar-refractivity contribution in [2.45, 2.75) is 31.2 Å². The molecule has 0 spiro atoms. The largest absolute Gasteiger partial charge is 0.468 e. The fourth-order valence-electron chi connectivity index (χ4n) is 1.68. The number of methoxy groups -OCH3 is 1. The summed E-state index contributed by atoms with van der Waals surface area (Å²) >= 11 is 5.72. The Morgan fingerprint density at radius 1 is 1.30 bits per heavy atom. The second-order valence-electron chi connectivity index (χ2n) is 4.78. The fourth-order valence-corrected chi connectivity index (χ4v) is 3.00. The fraction of sp³-hybridized carbons (Fsp3) is 0.462. The number of halogens is 1. The molecule has 1 atom stereocenters. The summed E-state index contributed by atoms with van der Waals surface area (Å²) in [6.45, 7) is 3.79. The minimum absolute atomic E-state index is 0.0551. The number of hydrogen-bond donors (Lipinski definition) is 1. The van der Waals surface area contributed by atoms with Crippen LogP contribution in [-0.4, -0.2) is 27.5 Å². The van der Waals surface area contributed by atoms with Crippen LogP contribution in [0.1, 0.15) is 20.3 Å². The standard InChI is InChI=1S/C13H18ClNO4S/c1-9(2)8-12(13(16)19-3)15-20(17,18)11-6-4-10(14)5-7-11/h4-7,9,12,15H,8H2,1-3H3. The first-order chi connectivity index (χ1) is 9.26. The first-order valence-electron chi connectivity index (χ1n) is 6.12. The maximum absolute atomic E-state index is 12.2. The number of ether oxygens (including phenoxy) is 1. The molecular formula is C13H18ClNO4S. The molecule has 0 bridgehead atoms. The van der Waals surface area contributed by atoms with Gasteiger partial charge in [-0.2, -0.15) is 4.72 Å². The minimum Gasteiger partial charge on any atom is -0.468 e. The number of esters is 1. The monoisotopic (exact) mass is 319 g/mol. The summed E-state index contributed by atoms with van der Waals surface area (Å²) in [6.07, 6.45) is 0.361. The van der Waals surface area contributed by atoms with E-state index >= 15 is 0 Å². The highest BCUT2D eigenvalue weighted by atomic mass is 35.5. The molecule has 1 unspecified atom stereocenters. The molecule has 0 amide bonds. The van der Waals surface area contributed by atoms with Gasteiger partial charge in [0.15, 0.2) is 0 Å². The van der Waals surface area contributed by atoms with E-state index in [0.29, 0.717) is 11.4 Å².